The predicted molar refractivity (Wildman–Crippen MR) is 72.0 cm³/mol. The lowest BCUT2D eigenvalue weighted by molar-refractivity contribution is -0.142. The number of benzene rings is 1. The van der Waals surface area contributed by atoms with Crippen LogP contribution in [-0.2, 0) is 4.79 Å². The number of halogens is 1. The van der Waals surface area contributed by atoms with Crippen molar-refractivity contribution in [2.24, 2.45) is 5.92 Å². The van der Waals surface area contributed by atoms with Crippen LogP contribution in [0.5, 0.6) is 0 Å². The number of carbonyl (C=O) groups is 1. The van der Waals surface area contributed by atoms with Gasteiger partial charge in [0.05, 0.1) is 5.92 Å². The van der Waals surface area contributed by atoms with Gasteiger partial charge in [-0.15, -0.1) is 0 Å². The molecule has 0 spiro atoms. The van der Waals surface area contributed by atoms with Gasteiger partial charge >= 0.3 is 5.97 Å². The summed E-state index contributed by atoms with van der Waals surface area (Å²) >= 11 is 3.39. The Morgan fingerprint density at radius 1 is 1.24 bits per heavy atom. The summed E-state index contributed by atoms with van der Waals surface area (Å²) in [6.07, 6.45) is 0. The van der Waals surface area contributed by atoms with Gasteiger partial charge in [0, 0.05) is 16.6 Å². The maximum absolute atomic E-state index is 10.9. The molecule has 0 aliphatic heterocycles. The van der Waals surface area contributed by atoms with Crippen molar-refractivity contribution >= 4 is 21.9 Å². The van der Waals surface area contributed by atoms with Gasteiger partial charge in [-0.2, -0.15) is 0 Å². The second-order valence-electron chi connectivity index (χ2n) is 4.36. The van der Waals surface area contributed by atoms with Gasteiger partial charge in [0.2, 0.25) is 0 Å². The number of hydrogen-bond acceptors (Lipinski definition) is 2. The summed E-state index contributed by atoms with van der Waals surface area (Å²) in [7, 11) is 0. The average molecular weight is 300 g/mol. The van der Waals surface area contributed by atoms with Crippen molar-refractivity contribution in [3.8, 4) is 0 Å². The van der Waals surface area contributed by atoms with Gasteiger partial charge < -0.3 is 10.4 Å². The first kappa shape index (κ1) is 14.2. The quantitative estimate of drug-likeness (QED) is 0.878. The van der Waals surface area contributed by atoms with Gasteiger partial charge in [0.25, 0.3) is 0 Å². The Labute approximate surface area is 110 Å². The standard InChI is InChI=1S/C13H18BrNO2/c1-8(13(16)17)9(2)15-10(3)11-4-6-12(14)7-5-11/h4-10,15H,1-3H3,(H,16,17)/t8?,9?,10-/m0/s1. The third kappa shape index (κ3) is 4.13. The Morgan fingerprint density at radius 2 is 1.76 bits per heavy atom. The number of rotatable bonds is 5. The van der Waals surface area contributed by atoms with E-state index in [4.69, 9.17) is 5.11 Å². The van der Waals surface area contributed by atoms with E-state index in [2.05, 4.69) is 21.2 Å². The molecular formula is C13H18BrNO2. The van der Waals surface area contributed by atoms with Gasteiger partial charge in [-0.25, -0.2) is 0 Å². The van der Waals surface area contributed by atoms with E-state index < -0.39 is 11.9 Å². The van der Waals surface area contributed by atoms with Crippen LogP contribution in [0.3, 0.4) is 0 Å². The molecule has 4 heteroatoms. The fraction of sp³-hybridized carbons (Fsp3) is 0.462. The topological polar surface area (TPSA) is 49.3 Å². The molecule has 0 fully saturated rings. The molecule has 0 heterocycles. The monoisotopic (exact) mass is 299 g/mol. The van der Waals surface area contributed by atoms with Crippen molar-refractivity contribution in [2.75, 3.05) is 0 Å². The van der Waals surface area contributed by atoms with Crippen LogP contribution in [0.15, 0.2) is 28.7 Å². The summed E-state index contributed by atoms with van der Waals surface area (Å²) in [5, 5.41) is 12.2. The summed E-state index contributed by atoms with van der Waals surface area (Å²) < 4.78 is 1.04. The van der Waals surface area contributed by atoms with Crippen LogP contribution in [0, 0.1) is 5.92 Å². The first-order valence-electron chi connectivity index (χ1n) is 5.66. The maximum atomic E-state index is 10.9. The molecule has 1 rings (SSSR count). The largest absolute Gasteiger partial charge is 0.481 e. The van der Waals surface area contributed by atoms with E-state index in [-0.39, 0.29) is 12.1 Å². The predicted octanol–water partition coefficient (Wildman–Crippen LogP) is 3.21. The van der Waals surface area contributed by atoms with Crippen molar-refractivity contribution in [1.29, 1.82) is 0 Å². The van der Waals surface area contributed by atoms with Crippen molar-refractivity contribution in [2.45, 2.75) is 32.9 Å². The van der Waals surface area contributed by atoms with Crippen LogP contribution in [0.1, 0.15) is 32.4 Å². The third-order valence-electron chi connectivity index (χ3n) is 3.02. The highest BCUT2D eigenvalue weighted by molar-refractivity contribution is 9.10. The van der Waals surface area contributed by atoms with E-state index in [0.29, 0.717) is 0 Å². The zero-order chi connectivity index (χ0) is 13.0. The normalized spacial score (nSPS) is 16.2. The molecule has 0 aromatic heterocycles. The zero-order valence-electron chi connectivity index (χ0n) is 10.3. The number of carboxylic acids is 1. The van der Waals surface area contributed by atoms with Crippen LogP contribution in [-0.4, -0.2) is 17.1 Å². The van der Waals surface area contributed by atoms with E-state index in [1.165, 1.54) is 0 Å². The summed E-state index contributed by atoms with van der Waals surface area (Å²) in [4.78, 5) is 10.9. The molecule has 0 amide bonds. The fourth-order valence-corrected chi connectivity index (χ4v) is 1.86. The molecule has 17 heavy (non-hydrogen) atoms. The molecule has 3 nitrogen and oxygen atoms in total. The fourth-order valence-electron chi connectivity index (χ4n) is 1.60. The number of aliphatic carboxylic acids is 1. The summed E-state index contributed by atoms with van der Waals surface area (Å²) in [5.41, 5.74) is 1.15. The van der Waals surface area contributed by atoms with E-state index in [0.717, 1.165) is 10.0 Å². The summed E-state index contributed by atoms with van der Waals surface area (Å²) in [5.74, 6) is -1.17. The zero-order valence-corrected chi connectivity index (χ0v) is 11.9. The molecule has 2 N–H and O–H groups in total. The minimum atomic E-state index is -0.770. The van der Waals surface area contributed by atoms with Crippen molar-refractivity contribution in [1.82, 2.24) is 5.32 Å². The van der Waals surface area contributed by atoms with Crippen LogP contribution >= 0.6 is 15.9 Å². The van der Waals surface area contributed by atoms with E-state index in [9.17, 15) is 4.79 Å². The van der Waals surface area contributed by atoms with Crippen LogP contribution in [0.2, 0.25) is 0 Å². The SMILES string of the molecule is CC(N[C@@H](C)c1ccc(Br)cc1)C(C)C(=O)O. The minimum Gasteiger partial charge on any atom is -0.481 e. The van der Waals surface area contributed by atoms with Gasteiger partial charge in [0.15, 0.2) is 0 Å². The lowest BCUT2D eigenvalue weighted by atomic mass is 10.0. The van der Waals surface area contributed by atoms with Crippen LogP contribution in [0.25, 0.3) is 0 Å². The molecule has 0 aliphatic rings. The van der Waals surface area contributed by atoms with Crippen LogP contribution < -0.4 is 5.32 Å². The highest BCUT2D eigenvalue weighted by atomic mass is 79.9. The first-order valence-corrected chi connectivity index (χ1v) is 6.45. The maximum Gasteiger partial charge on any atom is 0.307 e. The Kier molecular flexibility index (Phi) is 5.15. The molecule has 0 radical (unpaired) electrons. The lowest BCUT2D eigenvalue weighted by Gasteiger charge is -2.23. The molecule has 3 atom stereocenters. The molecule has 94 valence electrons. The minimum absolute atomic E-state index is 0.0638. The molecule has 0 saturated heterocycles. The van der Waals surface area contributed by atoms with E-state index in [1.54, 1.807) is 6.92 Å². The number of nitrogens with one attached hydrogen (secondary N) is 1. The average Bonchev–Trinajstić information content (AvgIpc) is 2.28. The molecule has 0 aliphatic carbocycles. The lowest BCUT2D eigenvalue weighted by Crippen LogP contribution is -2.37. The third-order valence-corrected chi connectivity index (χ3v) is 3.55. The molecule has 2 unspecified atom stereocenters. The van der Waals surface area contributed by atoms with E-state index in [1.807, 2.05) is 38.1 Å². The van der Waals surface area contributed by atoms with Crippen molar-refractivity contribution in [3.05, 3.63) is 34.3 Å². The Balaban J connectivity index is 2.63. The molecule has 1 aromatic rings. The summed E-state index contributed by atoms with van der Waals surface area (Å²) in [6.45, 7) is 5.65. The van der Waals surface area contributed by atoms with Crippen LogP contribution in [0.4, 0.5) is 0 Å². The van der Waals surface area contributed by atoms with Crippen molar-refractivity contribution < 1.29 is 9.90 Å². The smallest absolute Gasteiger partial charge is 0.307 e. The Hall–Kier alpha value is -0.870. The molecule has 0 bridgehead atoms. The number of carboxylic acid groups (broad SMARTS) is 1. The van der Waals surface area contributed by atoms with Gasteiger partial charge in [-0.3, -0.25) is 4.79 Å². The van der Waals surface area contributed by atoms with Crippen molar-refractivity contribution in [3.63, 3.8) is 0 Å². The first-order chi connectivity index (χ1) is 7.91. The Morgan fingerprint density at radius 3 is 2.24 bits per heavy atom. The summed E-state index contributed by atoms with van der Waals surface area (Å²) in [6, 6.07) is 8.10. The van der Waals surface area contributed by atoms with Gasteiger partial charge in [0.1, 0.15) is 0 Å². The Bertz CT molecular complexity index is 378. The second kappa shape index (κ2) is 6.17. The molecular weight excluding hydrogens is 282 g/mol. The molecule has 1 aromatic carbocycles. The van der Waals surface area contributed by atoms with Gasteiger partial charge in [-0.1, -0.05) is 35.0 Å². The highest BCUT2D eigenvalue weighted by Gasteiger charge is 2.20. The van der Waals surface area contributed by atoms with Gasteiger partial charge in [-0.05, 0) is 31.5 Å². The highest BCUT2D eigenvalue weighted by Crippen LogP contribution is 2.18. The van der Waals surface area contributed by atoms with E-state index >= 15 is 0 Å². The molecule has 0 saturated carbocycles. The second-order valence-corrected chi connectivity index (χ2v) is 5.27. The number of hydrogen-bond donors (Lipinski definition) is 2.